The molecule has 1 fully saturated rings. The number of benzene rings is 4. The number of carbonyl (C=O) groups is 3. The van der Waals surface area contributed by atoms with Gasteiger partial charge in [0.2, 0.25) is 0 Å². The fraction of sp³-hybridized carbons (Fsp3) is 0.308. The van der Waals surface area contributed by atoms with Crippen LogP contribution in [0, 0.1) is 0 Å². The zero-order chi connectivity index (χ0) is 38.0. The number of anilines is 3. The highest BCUT2D eigenvalue weighted by molar-refractivity contribution is 6.33. The number of aliphatic hydroxyl groups is 1. The van der Waals surface area contributed by atoms with Gasteiger partial charge in [-0.25, -0.2) is 9.59 Å². The molecule has 6 rings (SSSR count). The van der Waals surface area contributed by atoms with Crippen molar-refractivity contribution in [3.8, 4) is 28.4 Å². The SMILES string of the molecule is COc1cc(NC(=O)OCCN2CCC(OC(=O)Nc3ccccc3-c3ccccc3)CC2)c(Cl)cc1CNC[C@H](O)c1ccc(O)c2c1OCC(=O)N2. The van der Waals surface area contributed by atoms with Gasteiger partial charge in [-0.05, 0) is 42.7 Å². The summed E-state index contributed by atoms with van der Waals surface area (Å²) >= 11 is 6.51. The number of likely N-dealkylation sites (tertiary alicyclic amines) is 1. The van der Waals surface area contributed by atoms with Crippen LogP contribution in [0.2, 0.25) is 5.02 Å². The predicted molar refractivity (Wildman–Crippen MR) is 203 cm³/mol. The summed E-state index contributed by atoms with van der Waals surface area (Å²) in [5.41, 5.74) is 4.09. The van der Waals surface area contributed by atoms with Crippen molar-refractivity contribution in [1.82, 2.24) is 10.2 Å². The van der Waals surface area contributed by atoms with E-state index < -0.39 is 24.2 Å². The first-order chi connectivity index (χ1) is 26.2. The van der Waals surface area contributed by atoms with Crippen molar-refractivity contribution < 1.29 is 43.5 Å². The first-order valence-electron chi connectivity index (χ1n) is 17.5. The van der Waals surface area contributed by atoms with Gasteiger partial charge in [-0.3, -0.25) is 20.3 Å². The van der Waals surface area contributed by atoms with E-state index in [0.717, 1.165) is 11.1 Å². The molecule has 284 valence electrons. The van der Waals surface area contributed by atoms with E-state index in [2.05, 4.69) is 26.2 Å². The molecule has 2 aliphatic heterocycles. The minimum Gasteiger partial charge on any atom is -0.506 e. The summed E-state index contributed by atoms with van der Waals surface area (Å²) in [6, 6.07) is 23.6. The second kappa shape index (κ2) is 18.0. The van der Waals surface area contributed by atoms with E-state index in [4.69, 9.17) is 30.5 Å². The summed E-state index contributed by atoms with van der Waals surface area (Å²) in [4.78, 5) is 39.2. The van der Waals surface area contributed by atoms with Crippen LogP contribution < -0.4 is 30.7 Å². The number of piperidine rings is 1. The number of fused-ring (bicyclic) bond motifs is 1. The molecule has 14 nitrogen and oxygen atoms in total. The van der Waals surface area contributed by atoms with Gasteiger partial charge in [0, 0.05) is 55.5 Å². The number of amides is 3. The Morgan fingerprint density at radius 2 is 1.74 bits per heavy atom. The van der Waals surface area contributed by atoms with Gasteiger partial charge in [0.25, 0.3) is 5.91 Å². The molecule has 0 bridgehead atoms. The maximum Gasteiger partial charge on any atom is 0.411 e. The topological polar surface area (TPSA) is 180 Å². The third kappa shape index (κ3) is 9.71. The molecule has 0 aliphatic carbocycles. The molecule has 54 heavy (non-hydrogen) atoms. The molecule has 0 saturated carbocycles. The Morgan fingerprint density at radius 1 is 1.00 bits per heavy atom. The van der Waals surface area contributed by atoms with Crippen molar-refractivity contribution in [1.29, 1.82) is 0 Å². The lowest BCUT2D eigenvalue weighted by atomic mass is 10.0. The van der Waals surface area contributed by atoms with Crippen LogP contribution in [-0.4, -0.2) is 85.8 Å². The Bertz CT molecular complexity index is 1960. The average molecular weight is 760 g/mol. The van der Waals surface area contributed by atoms with Crippen LogP contribution in [0.25, 0.3) is 11.1 Å². The number of carbonyl (C=O) groups excluding carboxylic acids is 3. The predicted octanol–water partition coefficient (Wildman–Crippen LogP) is 6.14. The summed E-state index contributed by atoms with van der Waals surface area (Å²) in [6.45, 7) is 2.16. The van der Waals surface area contributed by atoms with Gasteiger partial charge < -0.3 is 39.8 Å². The summed E-state index contributed by atoms with van der Waals surface area (Å²) in [5.74, 6) is 0.0995. The van der Waals surface area contributed by atoms with Crippen LogP contribution in [0.4, 0.5) is 26.7 Å². The Kier molecular flexibility index (Phi) is 12.7. The number of aliphatic hydroxyl groups excluding tert-OH is 1. The fourth-order valence-electron chi connectivity index (χ4n) is 6.33. The Morgan fingerprint density at radius 3 is 2.52 bits per heavy atom. The van der Waals surface area contributed by atoms with Crippen LogP contribution in [-0.2, 0) is 20.8 Å². The van der Waals surface area contributed by atoms with Crippen molar-refractivity contribution in [3.63, 3.8) is 0 Å². The maximum atomic E-state index is 12.7. The third-order valence-corrected chi connectivity index (χ3v) is 9.41. The lowest BCUT2D eigenvalue weighted by Crippen LogP contribution is -2.40. The third-order valence-electron chi connectivity index (χ3n) is 9.09. The van der Waals surface area contributed by atoms with Gasteiger partial charge in [0.15, 0.2) is 12.4 Å². The normalized spacial score (nSPS) is 14.9. The van der Waals surface area contributed by atoms with E-state index in [1.807, 2.05) is 54.6 Å². The van der Waals surface area contributed by atoms with Gasteiger partial charge in [0.05, 0.1) is 29.6 Å². The van der Waals surface area contributed by atoms with E-state index >= 15 is 0 Å². The Labute approximate surface area is 317 Å². The van der Waals surface area contributed by atoms with Crippen LogP contribution in [0.3, 0.4) is 0 Å². The number of phenols is 1. The summed E-state index contributed by atoms with van der Waals surface area (Å²) < 4.78 is 22.1. The van der Waals surface area contributed by atoms with Crippen molar-refractivity contribution >= 4 is 46.8 Å². The first kappa shape index (κ1) is 38.2. The molecule has 4 aromatic rings. The number of phenolic OH excluding ortho intramolecular Hbond substituents is 1. The summed E-state index contributed by atoms with van der Waals surface area (Å²) in [5, 5.41) is 32.4. The fourth-order valence-corrected chi connectivity index (χ4v) is 6.56. The van der Waals surface area contributed by atoms with E-state index in [1.165, 1.54) is 19.2 Å². The zero-order valence-electron chi connectivity index (χ0n) is 29.6. The number of para-hydroxylation sites is 1. The molecule has 6 N–H and O–H groups in total. The van der Waals surface area contributed by atoms with Crippen LogP contribution in [0.1, 0.15) is 30.1 Å². The standard InChI is InChI=1S/C39H42ClN5O9/c1-51-34-20-31(29(40)19-25(34)21-41-22-33(47)28-11-12-32(46)36-37(28)53-23-35(48)44-36)43-38(49)52-18-17-45-15-13-26(14-16-45)54-39(50)42-30-10-6-5-9-27(30)24-7-3-2-4-8-24/h2-12,19-20,26,33,41,46-47H,13-18,21-23H2,1H3,(H,42,50)(H,43,49)(H,44,48)/t33-/m0/s1. The van der Waals surface area contributed by atoms with Crippen molar-refractivity contribution in [2.45, 2.75) is 31.6 Å². The highest BCUT2D eigenvalue weighted by atomic mass is 35.5. The minimum absolute atomic E-state index is 0.103. The Balaban J connectivity index is 0.913. The molecule has 1 saturated heterocycles. The molecular formula is C39H42ClN5O9. The van der Waals surface area contributed by atoms with Gasteiger partial charge in [-0.1, -0.05) is 60.1 Å². The number of nitrogens with one attached hydrogen (secondary N) is 4. The second-order valence-electron chi connectivity index (χ2n) is 12.7. The molecule has 0 spiro atoms. The minimum atomic E-state index is -1.02. The van der Waals surface area contributed by atoms with Gasteiger partial charge in [-0.2, -0.15) is 0 Å². The van der Waals surface area contributed by atoms with Gasteiger partial charge in [0.1, 0.15) is 29.9 Å². The number of ether oxygens (including phenoxy) is 4. The molecular weight excluding hydrogens is 718 g/mol. The van der Waals surface area contributed by atoms with Crippen molar-refractivity contribution in [2.75, 3.05) is 62.5 Å². The van der Waals surface area contributed by atoms with E-state index in [-0.39, 0.29) is 54.6 Å². The van der Waals surface area contributed by atoms with Crippen LogP contribution >= 0.6 is 11.6 Å². The smallest absolute Gasteiger partial charge is 0.411 e. The average Bonchev–Trinajstić information content (AvgIpc) is 3.17. The molecule has 0 radical (unpaired) electrons. The highest BCUT2D eigenvalue weighted by Gasteiger charge is 2.26. The highest BCUT2D eigenvalue weighted by Crippen LogP contribution is 2.41. The lowest BCUT2D eigenvalue weighted by Gasteiger charge is -2.31. The lowest BCUT2D eigenvalue weighted by molar-refractivity contribution is -0.118. The number of aromatic hydroxyl groups is 1. The van der Waals surface area contributed by atoms with Gasteiger partial charge in [-0.15, -0.1) is 0 Å². The van der Waals surface area contributed by atoms with Gasteiger partial charge >= 0.3 is 12.2 Å². The molecule has 15 heteroatoms. The molecule has 0 unspecified atom stereocenters. The number of rotatable bonds is 13. The van der Waals surface area contributed by atoms with Crippen LogP contribution in [0.5, 0.6) is 17.2 Å². The molecule has 4 aromatic carbocycles. The second-order valence-corrected chi connectivity index (χ2v) is 13.2. The molecule has 3 amide bonds. The number of hydrogen-bond donors (Lipinski definition) is 6. The molecule has 2 heterocycles. The molecule has 1 atom stereocenters. The van der Waals surface area contributed by atoms with Crippen molar-refractivity contribution in [2.24, 2.45) is 0 Å². The molecule has 2 aliphatic rings. The molecule has 0 aromatic heterocycles. The van der Waals surface area contributed by atoms with Crippen LogP contribution in [0.15, 0.2) is 78.9 Å². The van der Waals surface area contributed by atoms with E-state index in [9.17, 15) is 24.6 Å². The Hall–Kier alpha value is -5.54. The van der Waals surface area contributed by atoms with E-state index in [1.54, 1.807) is 12.1 Å². The first-order valence-corrected chi connectivity index (χ1v) is 17.9. The maximum absolute atomic E-state index is 12.7. The zero-order valence-corrected chi connectivity index (χ0v) is 30.4. The quantitative estimate of drug-likeness (QED) is 0.0863. The number of hydrogen-bond acceptors (Lipinski definition) is 11. The number of methoxy groups -OCH3 is 1. The monoisotopic (exact) mass is 759 g/mol. The number of nitrogens with zero attached hydrogens (tertiary/aromatic N) is 1. The number of halogens is 1. The summed E-state index contributed by atoms with van der Waals surface area (Å²) in [6.07, 6.45) is -1.10. The largest absolute Gasteiger partial charge is 0.506 e. The van der Waals surface area contributed by atoms with Crippen molar-refractivity contribution in [3.05, 3.63) is 95.0 Å². The summed E-state index contributed by atoms with van der Waals surface area (Å²) in [7, 11) is 1.49. The van der Waals surface area contributed by atoms with E-state index in [0.29, 0.717) is 60.7 Å².